The first kappa shape index (κ1) is 16.1. The van der Waals surface area contributed by atoms with Gasteiger partial charge in [0, 0.05) is 18.9 Å². The average Bonchev–Trinajstić information content (AvgIpc) is 2.35. The third-order valence-electron chi connectivity index (χ3n) is 1.35. The van der Waals surface area contributed by atoms with Crippen LogP contribution in [0.1, 0.15) is 33.4 Å². The van der Waals surface area contributed by atoms with Crippen LogP contribution in [0.2, 0.25) is 0 Å². The molecule has 86 valence electrons. The lowest BCUT2D eigenvalue weighted by Gasteiger charge is -1.97. The number of amides is 1. The first-order valence-corrected chi connectivity index (χ1v) is 5.43. The number of hydrogen-bond acceptors (Lipinski definition) is 2. The monoisotopic (exact) mass is 210 g/mol. The van der Waals surface area contributed by atoms with Crippen LogP contribution in [0.5, 0.6) is 0 Å². The van der Waals surface area contributed by atoms with Gasteiger partial charge in [0.05, 0.1) is 6.42 Å². The van der Waals surface area contributed by atoms with Crippen LogP contribution in [-0.2, 0) is 11.2 Å². The van der Waals surface area contributed by atoms with E-state index in [9.17, 15) is 4.79 Å². The van der Waals surface area contributed by atoms with Crippen LogP contribution in [0.25, 0.3) is 0 Å². The van der Waals surface area contributed by atoms with Gasteiger partial charge in [0.15, 0.2) is 0 Å². The van der Waals surface area contributed by atoms with E-state index in [1.807, 2.05) is 45.9 Å². The molecule has 0 saturated carbocycles. The topological polar surface area (TPSA) is 42.0 Å². The number of likely N-dealkylation sites (N-methyl/N-ethyl adjacent to an activating group) is 1. The number of rotatable bonds is 2. The van der Waals surface area contributed by atoms with Gasteiger partial charge in [0.1, 0.15) is 0 Å². The molecule has 0 unspecified atom stereocenters. The van der Waals surface area contributed by atoms with Gasteiger partial charge in [0.2, 0.25) is 5.91 Å². The zero-order valence-corrected chi connectivity index (χ0v) is 10.4. The van der Waals surface area contributed by atoms with E-state index in [2.05, 4.69) is 10.3 Å². The molecule has 3 nitrogen and oxygen atoms in total. The van der Waals surface area contributed by atoms with Gasteiger partial charge in [-0.2, -0.15) is 0 Å². The molecule has 1 N–H and O–H groups in total. The molecule has 0 radical (unpaired) electrons. The molecule has 1 aromatic rings. The van der Waals surface area contributed by atoms with Gasteiger partial charge in [-0.3, -0.25) is 9.78 Å². The van der Waals surface area contributed by atoms with Gasteiger partial charge in [-0.25, -0.2) is 0 Å². The molecule has 0 spiro atoms. The van der Waals surface area contributed by atoms with Crippen molar-refractivity contribution >= 4 is 5.91 Å². The molecule has 1 amide bonds. The van der Waals surface area contributed by atoms with Crippen molar-refractivity contribution in [2.24, 2.45) is 0 Å². The molecule has 1 rings (SSSR count). The zero-order valence-electron chi connectivity index (χ0n) is 10.4. The van der Waals surface area contributed by atoms with Crippen LogP contribution >= 0.6 is 0 Å². The number of pyridine rings is 1. The number of nitrogens with one attached hydrogen (secondary N) is 1. The Labute approximate surface area is 92.9 Å². The quantitative estimate of drug-likeness (QED) is 0.814. The lowest BCUT2D eigenvalue weighted by Crippen LogP contribution is -2.20. The minimum atomic E-state index is -0.0105. The Hall–Kier alpha value is -1.38. The first-order chi connectivity index (χ1) is 7.33. The summed E-state index contributed by atoms with van der Waals surface area (Å²) in [5, 5.41) is 2.53. The van der Waals surface area contributed by atoms with Crippen molar-refractivity contribution in [3.63, 3.8) is 0 Å². The van der Waals surface area contributed by atoms with Crippen molar-refractivity contribution in [2.45, 2.75) is 34.1 Å². The standard InChI is InChI=1S/C8H10N2O.2C2H6/c1-9-8(11)6-7-4-2-3-5-10-7;2*1-2/h2-5H,6H2,1H3,(H,9,11);2*1-2H3. The van der Waals surface area contributed by atoms with E-state index < -0.39 is 0 Å². The van der Waals surface area contributed by atoms with Gasteiger partial charge in [0.25, 0.3) is 0 Å². The highest BCUT2D eigenvalue weighted by molar-refractivity contribution is 5.77. The second-order valence-corrected chi connectivity index (χ2v) is 2.17. The number of carbonyl (C=O) groups excluding carboxylic acids is 1. The second-order valence-electron chi connectivity index (χ2n) is 2.17. The number of carbonyl (C=O) groups is 1. The molecule has 0 aliphatic heterocycles. The van der Waals surface area contributed by atoms with Gasteiger partial charge >= 0.3 is 0 Å². The fourth-order valence-corrected chi connectivity index (χ4v) is 0.756. The Kier molecular flexibility index (Phi) is 13.5. The minimum absolute atomic E-state index is 0.0105. The molecular formula is C12H22N2O. The third-order valence-corrected chi connectivity index (χ3v) is 1.35. The van der Waals surface area contributed by atoms with E-state index in [1.54, 1.807) is 13.2 Å². The van der Waals surface area contributed by atoms with Crippen LogP contribution in [0.3, 0.4) is 0 Å². The maximum atomic E-state index is 10.8. The van der Waals surface area contributed by atoms with Gasteiger partial charge in [-0.15, -0.1) is 0 Å². The molecule has 0 bridgehead atoms. The van der Waals surface area contributed by atoms with E-state index in [0.29, 0.717) is 6.42 Å². The summed E-state index contributed by atoms with van der Waals surface area (Å²) in [5.74, 6) is -0.0105. The van der Waals surface area contributed by atoms with Crippen molar-refractivity contribution in [3.8, 4) is 0 Å². The van der Waals surface area contributed by atoms with E-state index in [1.165, 1.54) is 0 Å². The molecule has 3 heteroatoms. The molecule has 0 atom stereocenters. The summed E-state index contributed by atoms with van der Waals surface area (Å²) in [6, 6.07) is 5.52. The summed E-state index contributed by atoms with van der Waals surface area (Å²) < 4.78 is 0. The predicted molar refractivity (Wildman–Crippen MR) is 64.7 cm³/mol. The lowest BCUT2D eigenvalue weighted by molar-refractivity contribution is -0.120. The summed E-state index contributed by atoms with van der Waals surface area (Å²) in [7, 11) is 1.62. The highest BCUT2D eigenvalue weighted by Gasteiger charge is 1.99. The Bertz CT molecular complexity index is 235. The van der Waals surface area contributed by atoms with E-state index in [-0.39, 0.29) is 5.91 Å². The fraction of sp³-hybridized carbons (Fsp3) is 0.500. The summed E-state index contributed by atoms with van der Waals surface area (Å²) in [6.07, 6.45) is 2.04. The third kappa shape index (κ3) is 8.94. The Morgan fingerprint density at radius 2 is 1.87 bits per heavy atom. The Balaban J connectivity index is 0. The van der Waals surface area contributed by atoms with Crippen LogP contribution in [-0.4, -0.2) is 17.9 Å². The van der Waals surface area contributed by atoms with Crippen molar-refractivity contribution in [1.29, 1.82) is 0 Å². The number of aromatic nitrogens is 1. The maximum absolute atomic E-state index is 10.8. The largest absolute Gasteiger partial charge is 0.359 e. The van der Waals surface area contributed by atoms with Crippen molar-refractivity contribution in [2.75, 3.05) is 7.05 Å². The van der Waals surface area contributed by atoms with Crippen LogP contribution in [0.4, 0.5) is 0 Å². The van der Waals surface area contributed by atoms with Gasteiger partial charge < -0.3 is 5.32 Å². The fourth-order valence-electron chi connectivity index (χ4n) is 0.756. The molecule has 0 aliphatic rings. The van der Waals surface area contributed by atoms with Gasteiger partial charge in [-0.05, 0) is 12.1 Å². The molecule has 1 aromatic heterocycles. The SMILES string of the molecule is CC.CC.CNC(=O)Cc1ccccn1. The molecule has 0 fully saturated rings. The van der Waals surface area contributed by atoms with Crippen LogP contribution < -0.4 is 5.32 Å². The molecule has 0 saturated heterocycles. The molecular weight excluding hydrogens is 188 g/mol. The summed E-state index contributed by atoms with van der Waals surface area (Å²) in [4.78, 5) is 14.8. The van der Waals surface area contributed by atoms with Crippen molar-refractivity contribution in [1.82, 2.24) is 10.3 Å². The van der Waals surface area contributed by atoms with Crippen LogP contribution in [0.15, 0.2) is 24.4 Å². The number of nitrogens with zero attached hydrogens (tertiary/aromatic N) is 1. The molecule has 0 aliphatic carbocycles. The summed E-state index contributed by atoms with van der Waals surface area (Å²) in [6.45, 7) is 8.00. The highest BCUT2D eigenvalue weighted by Crippen LogP contribution is 1.93. The Morgan fingerprint density at radius 1 is 1.27 bits per heavy atom. The van der Waals surface area contributed by atoms with Crippen molar-refractivity contribution in [3.05, 3.63) is 30.1 Å². The summed E-state index contributed by atoms with van der Waals surface area (Å²) >= 11 is 0. The highest BCUT2D eigenvalue weighted by atomic mass is 16.1. The van der Waals surface area contributed by atoms with E-state index in [4.69, 9.17) is 0 Å². The first-order valence-electron chi connectivity index (χ1n) is 5.43. The van der Waals surface area contributed by atoms with E-state index in [0.717, 1.165) is 5.69 Å². The van der Waals surface area contributed by atoms with Crippen molar-refractivity contribution < 1.29 is 4.79 Å². The van der Waals surface area contributed by atoms with Crippen LogP contribution in [0, 0.1) is 0 Å². The number of hydrogen-bond donors (Lipinski definition) is 1. The lowest BCUT2D eigenvalue weighted by atomic mass is 10.2. The molecule has 1 heterocycles. The Morgan fingerprint density at radius 3 is 2.27 bits per heavy atom. The molecule has 0 aromatic carbocycles. The predicted octanol–water partition coefficient (Wildman–Crippen LogP) is 2.42. The average molecular weight is 210 g/mol. The summed E-state index contributed by atoms with van der Waals surface area (Å²) in [5.41, 5.74) is 0.798. The smallest absolute Gasteiger partial charge is 0.225 e. The molecule has 15 heavy (non-hydrogen) atoms. The zero-order chi connectivity index (χ0) is 12.1. The second kappa shape index (κ2) is 12.6. The maximum Gasteiger partial charge on any atom is 0.225 e. The van der Waals surface area contributed by atoms with Gasteiger partial charge in [-0.1, -0.05) is 33.8 Å². The normalized spacial score (nSPS) is 7.53. The van der Waals surface area contributed by atoms with E-state index >= 15 is 0 Å². The minimum Gasteiger partial charge on any atom is -0.359 e.